The summed E-state index contributed by atoms with van der Waals surface area (Å²) in [6.07, 6.45) is 0.493. The van der Waals surface area contributed by atoms with Crippen molar-refractivity contribution in [3.05, 3.63) is 70.7 Å². The van der Waals surface area contributed by atoms with Crippen molar-refractivity contribution < 1.29 is 14.7 Å². The molecule has 2 aromatic carbocycles. The number of carboxylic acid groups (broad SMARTS) is 1. The molecule has 0 aliphatic carbocycles. The molecule has 0 aliphatic rings. The summed E-state index contributed by atoms with van der Waals surface area (Å²) >= 11 is 6.06. The average molecular weight is 346 g/mol. The van der Waals surface area contributed by atoms with Gasteiger partial charge in [-0.2, -0.15) is 0 Å². The summed E-state index contributed by atoms with van der Waals surface area (Å²) < 4.78 is 0. The van der Waals surface area contributed by atoms with Crippen LogP contribution in [0.4, 0.5) is 0 Å². The third-order valence-corrected chi connectivity index (χ3v) is 4.60. The van der Waals surface area contributed by atoms with Crippen LogP contribution < -0.4 is 5.32 Å². The number of hydrogen-bond acceptors (Lipinski definition) is 2. The Morgan fingerprint density at radius 1 is 1.08 bits per heavy atom. The van der Waals surface area contributed by atoms with E-state index in [1.165, 1.54) is 0 Å². The maximum Gasteiger partial charge on any atom is 0.315 e. The third-order valence-electron chi connectivity index (χ3n) is 4.24. The molecular formula is C19H20ClNO3. The first-order chi connectivity index (χ1) is 11.5. The molecule has 0 bridgehead atoms. The van der Waals surface area contributed by atoms with Gasteiger partial charge in [0, 0.05) is 11.6 Å². The molecule has 0 aliphatic heterocycles. The quantitative estimate of drug-likeness (QED) is 0.808. The van der Waals surface area contributed by atoms with Crippen molar-refractivity contribution >= 4 is 23.5 Å². The monoisotopic (exact) mass is 345 g/mol. The van der Waals surface area contributed by atoms with Gasteiger partial charge >= 0.3 is 5.97 Å². The van der Waals surface area contributed by atoms with Crippen molar-refractivity contribution in [1.29, 1.82) is 0 Å². The second-order valence-corrected chi connectivity index (χ2v) is 6.06. The number of benzene rings is 2. The molecule has 4 nitrogen and oxygen atoms in total. The number of halogens is 1. The minimum Gasteiger partial charge on any atom is -0.481 e. The van der Waals surface area contributed by atoms with E-state index < -0.39 is 11.4 Å². The zero-order valence-corrected chi connectivity index (χ0v) is 14.2. The summed E-state index contributed by atoms with van der Waals surface area (Å²) in [4.78, 5) is 24.1. The molecule has 24 heavy (non-hydrogen) atoms. The largest absolute Gasteiger partial charge is 0.481 e. The Bertz CT molecular complexity index is 718. The topological polar surface area (TPSA) is 66.4 Å². The molecule has 1 atom stereocenters. The number of carbonyl (C=O) groups is 2. The first-order valence-corrected chi connectivity index (χ1v) is 8.16. The molecule has 126 valence electrons. The Hall–Kier alpha value is -2.33. The summed E-state index contributed by atoms with van der Waals surface area (Å²) in [6.45, 7) is 1.84. The van der Waals surface area contributed by atoms with Crippen LogP contribution in [0, 0.1) is 0 Å². The molecule has 2 rings (SSSR count). The number of aliphatic carboxylic acids is 1. The molecular weight excluding hydrogens is 326 g/mol. The van der Waals surface area contributed by atoms with Crippen molar-refractivity contribution in [2.24, 2.45) is 0 Å². The van der Waals surface area contributed by atoms with Gasteiger partial charge in [0.1, 0.15) is 5.41 Å². The predicted octanol–water partition coefficient (Wildman–Crippen LogP) is 3.43. The zero-order valence-electron chi connectivity index (χ0n) is 13.5. The van der Waals surface area contributed by atoms with Gasteiger partial charge in [0.25, 0.3) is 0 Å². The molecule has 0 saturated carbocycles. The Balaban J connectivity index is 2.12. The first-order valence-electron chi connectivity index (χ1n) is 7.78. The van der Waals surface area contributed by atoms with Gasteiger partial charge in [-0.25, -0.2) is 0 Å². The number of amides is 1. The van der Waals surface area contributed by atoms with Gasteiger partial charge in [-0.05, 0) is 23.6 Å². The number of hydrogen-bond donors (Lipinski definition) is 2. The summed E-state index contributed by atoms with van der Waals surface area (Å²) in [7, 11) is 0. The number of carbonyl (C=O) groups excluding carboxylic acids is 1. The fraction of sp³-hybridized carbons (Fsp3) is 0.263. The van der Waals surface area contributed by atoms with Crippen LogP contribution in [0.1, 0.15) is 24.5 Å². The molecule has 0 heterocycles. The number of rotatable bonds is 7. The fourth-order valence-electron chi connectivity index (χ4n) is 2.67. The van der Waals surface area contributed by atoms with Gasteiger partial charge in [0.2, 0.25) is 5.91 Å². The highest BCUT2D eigenvalue weighted by molar-refractivity contribution is 6.31. The minimum absolute atomic E-state index is 0.0339. The second-order valence-electron chi connectivity index (χ2n) is 5.65. The van der Waals surface area contributed by atoms with E-state index in [2.05, 4.69) is 5.32 Å². The van der Waals surface area contributed by atoms with Crippen LogP contribution in [0.5, 0.6) is 0 Å². The molecule has 0 spiro atoms. The Morgan fingerprint density at radius 2 is 1.71 bits per heavy atom. The number of nitrogens with one attached hydrogen (secondary N) is 1. The van der Waals surface area contributed by atoms with Gasteiger partial charge < -0.3 is 10.4 Å². The Labute approximate surface area is 146 Å². The summed E-state index contributed by atoms with van der Waals surface area (Å²) in [6, 6.07) is 16.1. The Kier molecular flexibility index (Phi) is 5.99. The van der Waals surface area contributed by atoms with Gasteiger partial charge in [-0.1, -0.05) is 67.1 Å². The van der Waals surface area contributed by atoms with E-state index in [4.69, 9.17) is 11.6 Å². The summed E-state index contributed by atoms with van der Waals surface area (Å²) in [5.74, 6) is -1.20. The van der Waals surface area contributed by atoms with Crippen LogP contribution in [-0.2, 0) is 21.4 Å². The molecule has 0 radical (unpaired) electrons. The van der Waals surface area contributed by atoms with Crippen LogP contribution in [0.25, 0.3) is 0 Å². The zero-order chi connectivity index (χ0) is 17.6. The SMILES string of the molecule is CCC(CNC(=O)Cc1ccccc1Cl)(C(=O)O)c1ccccc1. The van der Waals surface area contributed by atoms with E-state index in [0.29, 0.717) is 22.6 Å². The maximum absolute atomic E-state index is 12.2. The summed E-state index contributed by atoms with van der Waals surface area (Å²) in [5, 5.41) is 13.0. The highest BCUT2D eigenvalue weighted by Gasteiger charge is 2.38. The van der Waals surface area contributed by atoms with E-state index in [9.17, 15) is 14.7 Å². The molecule has 1 amide bonds. The van der Waals surface area contributed by atoms with Crippen molar-refractivity contribution in [2.45, 2.75) is 25.2 Å². The van der Waals surface area contributed by atoms with Crippen molar-refractivity contribution in [3.63, 3.8) is 0 Å². The maximum atomic E-state index is 12.2. The van der Waals surface area contributed by atoms with Crippen molar-refractivity contribution in [1.82, 2.24) is 5.32 Å². The predicted molar refractivity (Wildman–Crippen MR) is 94.2 cm³/mol. The minimum atomic E-state index is -1.14. The molecule has 5 heteroatoms. The lowest BCUT2D eigenvalue weighted by atomic mass is 9.78. The van der Waals surface area contributed by atoms with Crippen LogP contribution in [-0.4, -0.2) is 23.5 Å². The molecule has 0 saturated heterocycles. The molecule has 1 unspecified atom stereocenters. The van der Waals surface area contributed by atoms with Gasteiger partial charge in [-0.3, -0.25) is 9.59 Å². The van der Waals surface area contributed by atoms with E-state index in [1.54, 1.807) is 49.4 Å². The normalized spacial score (nSPS) is 13.1. The number of carboxylic acids is 1. The van der Waals surface area contributed by atoms with Crippen LogP contribution in [0.3, 0.4) is 0 Å². The molecule has 2 N–H and O–H groups in total. The van der Waals surface area contributed by atoms with Crippen LogP contribution in [0.2, 0.25) is 5.02 Å². The van der Waals surface area contributed by atoms with Crippen LogP contribution in [0.15, 0.2) is 54.6 Å². The second kappa shape index (κ2) is 7.97. The smallest absolute Gasteiger partial charge is 0.315 e. The van der Waals surface area contributed by atoms with Gasteiger partial charge in [-0.15, -0.1) is 0 Å². The average Bonchev–Trinajstić information content (AvgIpc) is 2.58. The van der Waals surface area contributed by atoms with Gasteiger partial charge in [0.15, 0.2) is 0 Å². The van der Waals surface area contributed by atoms with E-state index in [-0.39, 0.29) is 18.9 Å². The van der Waals surface area contributed by atoms with Crippen LogP contribution >= 0.6 is 11.6 Å². The first kappa shape index (κ1) is 18.0. The lowest BCUT2D eigenvalue weighted by molar-refractivity contribution is -0.144. The molecule has 2 aromatic rings. The highest BCUT2D eigenvalue weighted by atomic mass is 35.5. The van der Waals surface area contributed by atoms with Crippen molar-refractivity contribution in [2.75, 3.05) is 6.54 Å². The lowest BCUT2D eigenvalue weighted by Crippen LogP contribution is -2.46. The van der Waals surface area contributed by atoms with E-state index >= 15 is 0 Å². The van der Waals surface area contributed by atoms with E-state index in [0.717, 1.165) is 0 Å². The highest BCUT2D eigenvalue weighted by Crippen LogP contribution is 2.28. The molecule has 0 fully saturated rings. The lowest BCUT2D eigenvalue weighted by Gasteiger charge is -2.29. The van der Waals surface area contributed by atoms with Gasteiger partial charge in [0.05, 0.1) is 6.42 Å². The Morgan fingerprint density at radius 3 is 2.29 bits per heavy atom. The molecule has 0 aromatic heterocycles. The fourth-order valence-corrected chi connectivity index (χ4v) is 2.87. The third kappa shape index (κ3) is 3.95. The van der Waals surface area contributed by atoms with E-state index in [1.807, 2.05) is 12.1 Å². The van der Waals surface area contributed by atoms with Crippen molar-refractivity contribution in [3.8, 4) is 0 Å². The summed E-state index contributed by atoms with van der Waals surface area (Å²) in [5.41, 5.74) is 0.254. The standard InChI is InChI=1S/C19H20ClNO3/c1-2-19(18(23)24,15-9-4-3-5-10-15)13-21-17(22)12-14-8-6-7-11-16(14)20/h3-11H,2,12-13H2,1H3,(H,21,22)(H,23,24).